The monoisotopic (exact) mass is 387 g/mol. The number of benzene rings is 1. The lowest BCUT2D eigenvalue weighted by molar-refractivity contribution is -0.113. The molecule has 4 rings (SSSR count). The number of rotatable bonds is 4. The zero-order valence-corrected chi connectivity index (χ0v) is 15.9. The number of carbonyl (C=O) groups excluding carboxylic acids is 1. The van der Waals surface area contributed by atoms with Gasteiger partial charge in [-0.25, -0.2) is 14.4 Å². The van der Waals surface area contributed by atoms with Crippen molar-refractivity contribution in [1.82, 2.24) is 9.97 Å². The highest BCUT2D eigenvalue weighted by atomic mass is 32.2. The lowest BCUT2D eigenvalue weighted by Gasteiger charge is -2.18. The second kappa shape index (κ2) is 7.32. The van der Waals surface area contributed by atoms with Gasteiger partial charge in [0.25, 0.3) is 0 Å². The van der Waals surface area contributed by atoms with Gasteiger partial charge in [-0.05, 0) is 55.0 Å². The predicted octanol–water partition coefficient (Wildman–Crippen LogP) is 4.69. The lowest BCUT2D eigenvalue weighted by atomic mass is 9.89. The summed E-state index contributed by atoms with van der Waals surface area (Å²) in [5, 5.41) is 4.78. The Morgan fingerprint density at radius 1 is 1.35 bits per heavy atom. The molecule has 0 fully saturated rings. The summed E-state index contributed by atoms with van der Waals surface area (Å²) in [6.45, 7) is 2.29. The first-order valence-corrected chi connectivity index (χ1v) is 10.3. The van der Waals surface area contributed by atoms with Gasteiger partial charge in [0.1, 0.15) is 22.0 Å². The van der Waals surface area contributed by atoms with E-state index < -0.39 is 0 Å². The van der Waals surface area contributed by atoms with Crippen molar-refractivity contribution < 1.29 is 9.18 Å². The third-order valence-corrected chi connectivity index (χ3v) is 6.68. The van der Waals surface area contributed by atoms with Gasteiger partial charge in [-0.15, -0.1) is 11.3 Å². The Morgan fingerprint density at radius 2 is 2.15 bits per heavy atom. The van der Waals surface area contributed by atoms with Crippen molar-refractivity contribution in [3.63, 3.8) is 0 Å². The first-order chi connectivity index (χ1) is 12.6. The quantitative estimate of drug-likeness (QED) is 0.521. The molecule has 1 aliphatic carbocycles. The van der Waals surface area contributed by atoms with Gasteiger partial charge in [-0.1, -0.05) is 18.7 Å². The fourth-order valence-electron chi connectivity index (χ4n) is 3.22. The third kappa shape index (κ3) is 3.59. The van der Waals surface area contributed by atoms with Gasteiger partial charge >= 0.3 is 0 Å². The third-order valence-electron chi connectivity index (χ3n) is 4.52. The van der Waals surface area contributed by atoms with E-state index in [0.717, 1.165) is 28.1 Å². The molecule has 1 aliphatic rings. The number of aryl methyl sites for hydroxylation is 1. The van der Waals surface area contributed by atoms with Crippen LogP contribution in [0.25, 0.3) is 10.2 Å². The van der Waals surface area contributed by atoms with Crippen LogP contribution in [0.4, 0.5) is 10.1 Å². The zero-order valence-electron chi connectivity index (χ0n) is 14.3. The molecule has 1 unspecified atom stereocenters. The average molecular weight is 388 g/mol. The molecular weight excluding hydrogens is 369 g/mol. The number of aromatic nitrogens is 2. The van der Waals surface area contributed by atoms with Crippen LogP contribution in [0.3, 0.4) is 0 Å². The fraction of sp³-hybridized carbons (Fsp3) is 0.316. The molecule has 0 aliphatic heterocycles. The molecule has 0 saturated carbocycles. The predicted molar refractivity (Wildman–Crippen MR) is 104 cm³/mol. The topological polar surface area (TPSA) is 54.9 Å². The van der Waals surface area contributed by atoms with Gasteiger partial charge in [0, 0.05) is 16.0 Å². The van der Waals surface area contributed by atoms with Crippen LogP contribution in [-0.2, 0) is 17.6 Å². The van der Waals surface area contributed by atoms with Crippen LogP contribution < -0.4 is 5.32 Å². The summed E-state index contributed by atoms with van der Waals surface area (Å²) in [6.07, 6.45) is 4.92. The van der Waals surface area contributed by atoms with Crippen LogP contribution in [0.15, 0.2) is 35.6 Å². The Bertz CT molecular complexity index is 955. The number of amides is 1. The molecule has 26 heavy (non-hydrogen) atoms. The minimum Gasteiger partial charge on any atom is -0.325 e. The molecule has 3 aromatic rings. The first-order valence-electron chi connectivity index (χ1n) is 8.53. The minimum atomic E-state index is -0.322. The van der Waals surface area contributed by atoms with Gasteiger partial charge in [-0.3, -0.25) is 4.79 Å². The zero-order chi connectivity index (χ0) is 18.1. The molecule has 1 aromatic carbocycles. The summed E-state index contributed by atoms with van der Waals surface area (Å²) in [5.41, 5.74) is 1.96. The highest BCUT2D eigenvalue weighted by Gasteiger charge is 2.23. The Hall–Kier alpha value is -1.99. The van der Waals surface area contributed by atoms with E-state index in [1.807, 2.05) is 0 Å². The summed E-state index contributed by atoms with van der Waals surface area (Å²) in [6, 6.07) is 5.76. The molecule has 134 valence electrons. The van der Waals surface area contributed by atoms with E-state index in [9.17, 15) is 9.18 Å². The second-order valence-electron chi connectivity index (χ2n) is 6.55. The maximum absolute atomic E-state index is 12.9. The van der Waals surface area contributed by atoms with E-state index in [-0.39, 0.29) is 17.5 Å². The Kier molecular flexibility index (Phi) is 4.91. The van der Waals surface area contributed by atoms with Crippen molar-refractivity contribution in [2.24, 2.45) is 5.92 Å². The highest BCUT2D eigenvalue weighted by molar-refractivity contribution is 8.00. The van der Waals surface area contributed by atoms with Crippen molar-refractivity contribution in [3.05, 3.63) is 46.9 Å². The summed E-state index contributed by atoms with van der Waals surface area (Å²) in [4.78, 5) is 23.5. The number of nitrogens with zero attached hydrogens (tertiary/aromatic N) is 2. The number of anilines is 1. The number of thioether (sulfide) groups is 1. The van der Waals surface area contributed by atoms with Crippen LogP contribution in [0.5, 0.6) is 0 Å². The van der Waals surface area contributed by atoms with E-state index in [1.54, 1.807) is 29.8 Å². The molecule has 0 spiro atoms. The normalized spacial score (nSPS) is 16.5. The summed E-state index contributed by atoms with van der Waals surface area (Å²) in [5.74, 6) is 0.509. The van der Waals surface area contributed by atoms with Crippen LogP contribution in [-0.4, -0.2) is 21.6 Å². The number of carbonyl (C=O) groups is 1. The van der Waals surface area contributed by atoms with Gasteiger partial charge < -0.3 is 5.32 Å². The standard InChI is InChI=1S/C19H18FN3OS2/c1-11-2-7-14-15(8-11)26-19-17(14)18(21-10-22-19)25-9-16(24)23-13-5-3-12(20)4-6-13/h3-6,10-11H,2,7-9H2,1H3,(H,23,24). The Balaban J connectivity index is 1.50. The maximum Gasteiger partial charge on any atom is 0.234 e. The Morgan fingerprint density at radius 3 is 2.96 bits per heavy atom. The van der Waals surface area contributed by atoms with Gasteiger partial charge in [0.15, 0.2) is 0 Å². The lowest BCUT2D eigenvalue weighted by Crippen LogP contribution is -2.14. The molecule has 0 radical (unpaired) electrons. The van der Waals surface area contributed by atoms with E-state index in [2.05, 4.69) is 22.2 Å². The van der Waals surface area contributed by atoms with E-state index in [1.165, 1.54) is 40.8 Å². The van der Waals surface area contributed by atoms with Crippen LogP contribution >= 0.6 is 23.1 Å². The maximum atomic E-state index is 12.9. The highest BCUT2D eigenvalue weighted by Crippen LogP contribution is 2.40. The SMILES string of the molecule is CC1CCc2c(sc3ncnc(SCC(=O)Nc4ccc(F)cc4)c23)C1. The Labute approximate surface area is 159 Å². The first kappa shape index (κ1) is 17.4. The van der Waals surface area contributed by atoms with Gasteiger partial charge in [-0.2, -0.15) is 0 Å². The minimum absolute atomic E-state index is 0.133. The van der Waals surface area contributed by atoms with E-state index >= 15 is 0 Å². The molecule has 2 heterocycles. The molecule has 0 saturated heterocycles. The number of hydrogen-bond donors (Lipinski definition) is 1. The molecule has 1 amide bonds. The van der Waals surface area contributed by atoms with Crippen molar-refractivity contribution in [1.29, 1.82) is 0 Å². The molecular formula is C19H18FN3OS2. The molecule has 2 aromatic heterocycles. The van der Waals surface area contributed by atoms with Gasteiger partial charge in [0.2, 0.25) is 5.91 Å². The van der Waals surface area contributed by atoms with Crippen molar-refractivity contribution in [2.75, 3.05) is 11.1 Å². The molecule has 1 N–H and O–H groups in total. The van der Waals surface area contributed by atoms with Crippen molar-refractivity contribution >= 4 is 44.9 Å². The summed E-state index contributed by atoms with van der Waals surface area (Å²) < 4.78 is 12.9. The number of hydrogen-bond acceptors (Lipinski definition) is 5. The molecule has 1 atom stereocenters. The smallest absolute Gasteiger partial charge is 0.234 e. The fourth-order valence-corrected chi connectivity index (χ4v) is 5.46. The molecule has 7 heteroatoms. The largest absolute Gasteiger partial charge is 0.325 e. The number of fused-ring (bicyclic) bond motifs is 3. The average Bonchev–Trinajstić information content (AvgIpc) is 3.00. The van der Waals surface area contributed by atoms with Gasteiger partial charge in [0.05, 0.1) is 5.75 Å². The summed E-state index contributed by atoms with van der Waals surface area (Å²) in [7, 11) is 0. The van der Waals surface area contributed by atoms with Crippen LogP contribution in [0.2, 0.25) is 0 Å². The second-order valence-corrected chi connectivity index (χ2v) is 8.60. The van der Waals surface area contributed by atoms with E-state index in [4.69, 9.17) is 0 Å². The molecule has 0 bridgehead atoms. The van der Waals surface area contributed by atoms with E-state index in [0.29, 0.717) is 11.6 Å². The van der Waals surface area contributed by atoms with Crippen molar-refractivity contribution in [2.45, 2.75) is 31.2 Å². The van der Waals surface area contributed by atoms with Crippen LogP contribution in [0.1, 0.15) is 23.8 Å². The summed E-state index contributed by atoms with van der Waals surface area (Å²) >= 11 is 3.18. The van der Waals surface area contributed by atoms with Crippen LogP contribution in [0, 0.1) is 11.7 Å². The number of nitrogens with one attached hydrogen (secondary N) is 1. The number of halogens is 1. The number of thiophene rings is 1. The molecule has 4 nitrogen and oxygen atoms in total. The van der Waals surface area contributed by atoms with Crippen molar-refractivity contribution in [3.8, 4) is 0 Å².